The summed E-state index contributed by atoms with van der Waals surface area (Å²) in [6.45, 7) is 7.56. The molecule has 0 radical (unpaired) electrons. The van der Waals surface area contributed by atoms with E-state index in [1.54, 1.807) is 0 Å². The van der Waals surface area contributed by atoms with Gasteiger partial charge in [-0.3, -0.25) is 0 Å². The van der Waals surface area contributed by atoms with Gasteiger partial charge in [-0.2, -0.15) is 0 Å². The Hall–Kier alpha value is -1.13. The molecule has 1 unspecified atom stereocenters. The van der Waals surface area contributed by atoms with E-state index in [2.05, 4.69) is 48.2 Å². The predicted molar refractivity (Wildman–Crippen MR) is 78.0 cm³/mol. The summed E-state index contributed by atoms with van der Waals surface area (Å²) in [7, 11) is 0. The van der Waals surface area contributed by atoms with E-state index < -0.39 is 0 Å². The average molecular weight is 263 g/mol. The molecule has 0 spiro atoms. The normalized spacial score (nSPS) is 12.8. The lowest BCUT2D eigenvalue weighted by molar-refractivity contribution is 0.561. The van der Waals surface area contributed by atoms with Gasteiger partial charge in [0.05, 0.1) is 16.8 Å². The number of hydrogen-bond donors (Lipinski definition) is 2. The van der Waals surface area contributed by atoms with Gasteiger partial charge < -0.3 is 10.3 Å². The Balaban J connectivity index is 2.09. The van der Waals surface area contributed by atoms with Crippen LogP contribution in [0.25, 0.3) is 10.7 Å². The molecule has 0 fully saturated rings. The van der Waals surface area contributed by atoms with Crippen LogP contribution in [0.5, 0.6) is 0 Å². The van der Waals surface area contributed by atoms with E-state index in [0.717, 1.165) is 30.9 Å². The fraction of sp³-hybridized carbons (Fsp3) is 0.500. The molecule has 2 aromatic heterocycles. The van der Waals surface area contributed by atoms with Gasteiger partial charge in [-0.15, -0.1) is 11.3 Å². The first kappa shape index (κ1) is 13.3. The van der Waals surface area contributed by atoms with Crippen molar-refractivity contribution >= 4 is 11.3 Å². The van der Waals surface area contributed by atoms with Crippen LogP contribution >= 0.6 is 11.3 Å². The SMILES string of the molecule is CCCNC(C)c1cnc(-c2ccc(CC)s2)[nH]1. The maximum Gasteiger partial charge on any atom is 0.147 e. The quantitative estimate of drug-likeness (QED) is 0.833. The fourth-order valence-corrected chi connectivity index (χ4v) is 2.75. The number of rotatable bonds is 6. The molecule has 0 saturated carbocycles. The van der Waals surface area contributed by atoms with Crippen LogP contribution in [0.3, 0.4) is 0 Å². The first-order chi connectivity index (χ1) is 8.74. The maximum atomic E-state index is 4.48. The van der Waals surface area contributed by atoms with E-state index in [0.29, 0.717) is 6.04 Å². The van der Waals surface area contributed by atoms with Crippen LogP contribution in [-0.2, 0) is 6.42 Å². The van der Waals surface area contributed by atoms with Gasteiger partial charge in [0.15, 0.2) is 0 Å². The molecule has 0 saturated heterocycles. The third kappa shape index (κ3) is 3.00. The highest BCUT2D eigenvalue weighted by atomic mass is 32.1. The van der Waals surface area contributed by atoms with E-state index in [1.165, 1.54) is 9.75 Å². The van der Waals surface area contributed by atoms with Gasteiger partial charge in [0.2, 0.25) is 0 Å². The molecule has 2 heterocycles. The number of imidazole rings is 1. The van der Waals surface area contributed by atoms with Crippen molar-refractivity contribution in [2.24, 2.45) is 0 Å². The molecule has 0 aliphatic carbocycles. The molecular formula is C14H21N3S. The van der Waals surface area contributed by atoms with Gasteiger partial charge in [-0.1, -0.05) is 13.8 Å². The summed E-state index contributed by atoms with van der Waals surface area (Å²) in [4.78, 5) is 10.5. The van der Waals surface area contributed by atoms with Crippen LogP contribution < -0.4 is 5.32 Å². The summed E-state index contributed by atoms with van der Waals surface area (Å²) in [5, 5.41) is 3.46. The van der Waals surface area contributed by atoms with Crippen LogP contribution in [0, 0.1) is 0 Å². The van der Waals surface area contributed by atoms with Crippen molar-refractivity contribution in [3.8, 4) is 10.7 Å². The van der Waals surface area contributed by atoms with E-state index in [1.807, 2.05) is 17.5 Å². The number of nitrogens with zero attached hydrogens (tertiary/aromatic N) is 1. The number of aryl methyl sites for hydroxylation is 1. The van der Waals surface area contributed by atoms with Gasteiger partial charge in [0.1, 0.15) is 5.82 Å². The molecule has 3 nitrogen and oxygen atoms in total. The summed E-state index contributed by atoms with van der Waals surface area (Å²) < 4.78 is 0. The number of aromatic nitrogens is 2. The number of aromatic amines is 1. The summed E-state index contributed by atoms with van der Waals surface area (Å²) in [6.07, 6.45) is 4.18. The number of thiophene rings is 1. The minimum atomic E-state index is 0.330. The Morgan fingerprint density at radius 3 is 2.89 bits per heavy atom. The van der Waals surface area contributed by atoms with Crippen molar-refractivity contribution in [2.75, 3.05) is 6.54 Å². The first-order valence-corrected chi connectivity index (χ1v) is 7.43. The molecule has 0 aliphatic heterocycles. The lowest BCUT2D eigenvalue weighted by Gasteiger charge is -2.10. The monoisotopic (exact) mass is 263 g/mol. The average Bonchev–Trinajstić information content (AvgIpc) is 3.03. The summed E-state index contributed by atoms with van der Waals surface area (Å²) >= 11 is 1.81. The van der Waals surface area contributed by atoms with Crippen molar-refractivity contribution in [2.45, 2.75) is 39.7 Å². The van der Waals surface area contributed by atoms with Crippen molar-refractivity contribution in [3.63, 3.8) is 0 Å². The molecule has 2 aromatic rings. The van der Waals surface area contributed by atoms with Gasteiger partial charge in [0, 0.05) is 10.9 Å². The molecule has 98 valence electrons. The molecule has 0 aromatic carbocycles. The van der Waals surface area contributed by atoms with E-state index >= 15 is 0 Å². The molecule has 1 atom stereocenters. The maximum absolute atomic E-state index is 4.48. The molecular weight excluding hydrogens is 242 g/mol. The Morgan fingerprint density at radius 1 is 1.39 bits per heavy atom. The highest BCUT2D eigenvalue weighted by Crippen LogP contribution is 2.26. The van der Waals surface area contributed by atoms with Gasteiger partial charge >= 0.3 is 0 Å². The van der Waals surface area contributed by atoms with Crippen LogP contribution in [0.15, 0.2) is 18.3 Å². The summed E-state index contributed by atoms with van der Waals surface area (Å²) in [5.74, 6) is 0.986. The second kappa shape index (κ2) is 6.16. The van der Waals surface area contributed by atoms with Crippen molar-refractivity contribution in [1.29, 1.82) is 0 Å². The van der Waals surface area contributed by atoms with Crippen LogP contribution in [0.4, 0.5) is 0 Å². The van der Waals surface area contributed by atoms with Gasteiger partial charge in [0.25, 0.3) is 0 Å². The zero-order valence-electron chi connectivity index (χ0n) is 11.3. The van der Waals surface area contributed by atoms with Gasteiger partial charge in [-0.25, -0.2) is 4.98 Å². The topological polar surface area (TPSA) is 40.7 Å². The lowest BCUT2D eigenvalue weighted by Crippen LogP contribution is -2.19. The van der Waals surface area contributed by atoms with E-state index in [-0.39, 0.29) is 0 Å². The smallest absolute Gasteiger partial charge is 0.147 e. The molecule has 0 aliphatic rings. The molecule has 4 heteroatoms. The Kier molecular flexibility index (Phi) is 4.55. The van der Waals surface area contributed by atoms with Crippen LogP contribution in [0.2, 0.25) is 0 Å². The molecule has 0 amide bonds. The highest BCUT2D eigenvalue weighted by Gasteiger charge is 2.10. The minimum Gasteiger partial charge on any atom is -0.340 e. The zero-order chi connectivity index (χ0) is 13.0. The zero-order valence-corrected chi connectivity index (χ0v) is 12.1. The predicted octanol–water partition coefficient (Wildman–Crippen LogP) is 3.76. The van der Waals surface area contributed by atoms with Crippen molar-refractivity contribution in [1.82, 2.24) is 15.3 Å². The Bertz CT molecular complexity index is 487. The van der Waals surface area contributed by atoms with E-state index in [4.69, 9.17) is 0 Å². The molecule has 2 N–H and O–H groups in total. The van der Waals surface area contributed by atoms with Crippen LogP contribution in [-0.4, -0.2) is 16.5 Å². The second-order valence-electron chi connectivity index (χ2n) is 4.48. The minimum absolute atomic E-state index is 0.330. The third-order valence-corrected chi connectivity index (χ3v) is 4.24. The van der Waals surface area contributed by atoms with Crippen LogP contribution in [0.1, 0.15) is 43.8 Å². The highest BCUT2D eigenvalue weighted by molar-refractivity contribution is 7.15. The Labute approximate surface area is 113 Å². The third-order valence-electron chi connectivity index (χ3n) is 3.01. The van der Waals surface area contributed by atoms with Crippen molar-refractivity contribution < 1.29 is 0 Å². The second-order valence-corrected chi connectivity index (χ2v) is 5.65. The lowest BCUT2D eigenvalue weighted by atomic mass is 10.2. The largest absolute Gasteiger partial charge is 0.340 e. The summed E-state index contributed by atoms with van der Waals surface area (Å²) in [6, 6.07) is 4.66. The number of H-pyrrole nitrogens is 1. The molecule has 2 rings (SSSR count). The molecule has 0 bridgehead atoms. The van der Waals surface area contributed by atoms with Crippen molar-refractivity contribution in [3.05, 3.63) is 28.9 Å². The van der Waals surface area contributed by atoms with E-state index in [9.17, 15) is 0 Å². The number of nitrogens with one attached hydrogen (secondary N) is 2. The standard InChI is InChI=1S/C14H21N3S/c1-4-8-15-10(3)12-9-16-14(17-12)13-7-6-11(5-2)18-13/h6-7,9-10,15H,4-5,8H2,1-3H3,(H,16,17). The fourth-order valence-electron chi connectivity index (χ4n) is 1.85. The number of hydrogen-bond acceptors (Lipinski definition) is 3. The first-order valence-electron chi connectivity index (χ1n) is 6.62. The van der Waals surface area contributed by atoms with Gasteiger partial charge in [-0.05, 0) is 38.4 Å². The molecule has 18 heavy (non-hydrogen) atoms. The Morgan fingerprint density at radius 2 is 2.22 bits per heavy atom. The summed E-state index contributed by atoms with van der Waals surface area (Å²) in [5.41, 5.74) is 1.16.